The van der Waals surface area contributed by atoms with Crippen LogP contribution in [0.3, 0.4) is 0 Å². The molecular formula is C17H15Cl2N3O5S. The topological polar surface area (TPSA) is 129 Å². The van der Waals surface area contributed by atoms with Crippen LogP contribution in [0.5, 0.6) is 0 Å². The third-order valence-corrected chi connectivity index (χ3v) is 4.88. The molecule has 0 aliphatic heterocycles. The number of aromatic amines is 1. The summed E-state index contributed by atoms with van der Waals surface area (Å²) in [4.78, 5) is 29.0. The fourth-order valence-electron chi connectivity index (χ4n) is 2.28. The van der Waals surface area contributed by atoms with Gasteiger partial charge < -0.3 is 10.1 Å². The Morgan fingerprint density at radius 1 is 1.07 bits per heavy atom. The predicted molar refractivity (Wildman–Crippen MR) is 109 cm³/mol. The van der Waals surface area contributed by atoms with E-state index in [0.29, 0.717) is 11.3 Å². The predicted octanol–water partition coefficient (Wildman–Crippen LogP) is 2.78. The van der Waals surface area contributed by atoms with Gasteiger partial charge in [-0.15, -0.1) is 24.8 Å². The number of aromatic nitrogens is 2. The lowest BCUT2D eigenvalue weighted by molar-refractivity contribution is 0.0695. The van der Waals surface area contributed by atoms with Gasteiger partial charge in [0.1, 0.15) is 10.5 Å². The van der Waals surface area contributed by atoms with Crippen LogP contribution >= 0.6 is 24.8 Å². The standard InChI is InChI=1S/C17H13N3O5S.2ClH/c21-16-14(17(22)23)6-7-15(19-16)11-3-1-4-12(9-11)20-26(24,25)13-5-2-8-18-10-13;;/h1-10,20H,(H,19,21)(H,22,23);2*1H. The van der Waals surface area contributed by atoms with E-state index in [1.807, 2.05) is 0 Å². The molecule has 0 atom stereocenters. The van der Waals surface area contributed by atoms with Crippen LogP contribution in [0, 0.1) is 0 Å². The van der Waals surface area contributed by atoms with Gasteiger partial charge in [-0.05, 0) is 36.4 Å². The van der Waals surface area contributed by atoms with E-state index in [4.69, 9.17) is 5.11 Å². The van der Waals surface area contributed by atoms with Crippen LogP contribution in [0.4, 0.5) is 5.69 Å². The number of H-pyrrole nitrogens is 1. The fraction of sp³-hybridized carbons (Fsp3) is 0. The van der Waals surface area contributed by atoms with E-state index in [-0.39, 0.29) is 41.0 Å². The summed E-state index contributed by atoms with van der Waals surface area (Å²) < 4.78 is 27.1. The van der Waals surface area contributed by atoms with Gasteiger partial charge in [-0.3, -0.25) is 14.5 Å². The summed E-state index contributed by atoms with van der Waals surface area (Å²) in [6.45, 7) is 0. The van der Waals surface area contributed by atoms with Crippen LogP contribution in [0.25, 0.3) is 11.3 Å². The van der Waals surface area contributed by atoms with Crippen molar-refractivity contribution in [1.82, 2.24) is 9.97 Å². The molecule has 0 fully saturated rings. The highest BCUT2D eigenvalue weighted by Crippen LogP contribution is 2.22. The number of sulfonamides is 1. The van der Waals surface area contributed by atoms with E-state index >= 15 is 0 Å². The van der Waals surface area contributed by atoms with Gasteiger partial charge in [-0.1, -0.05) is 12.1 Å². The van der Waals surface area contributed by atoms with Crippen molar-refractivity contribution >= 4 is 46.5 Å². The highest BCUT2D eigenvalue weighted by atomic mass is 35.5. The third-order valence-electron chi connectivity index (χ3n) is 3.51. The largest absolute Gasteiger partial charge is 0.477 e. The maximum atomic E-state index is 12.3. The number of halogens is 2. The first-order valence-corrected chi connectivity index (χ1v) is 8.85. The van der Waals surface area contributed by atoms with Crippen LogP contribution in [0.2, 0.25) is 0 Å². The second kappa shape index (κ2) is 9.36. The molecule has 148 valence electrons. The number of nitrogens with one attached hydrogen (secondary N) is 2. The van der Waals surface area contributed by atoms with E-state index in [1.54, 1.807) is 18.2 Å². The summed E-state index contributed by atoms with van der Waals surface area (Å²) in [6.07, 6.45) is 2.70. The number of pyridine rings is 2. The van der Waals surface area contributed by atoms with Crippen LogP contribution in [0.15, 0.2) is 70.6 Å². The molecule has 8 nitrogen and oxygen atoms in total. The number of aromatic carboxylic acids is 1. The molecule has 0 amide bonds. The molecule has 0 aliphatic rings. The minimum Gasteiger partial charge on any atom is -0.477 e. The third kappa shape index (κ3) is 5.10. The van der Waals surface area contributed by atoms with Gasteiger partial charge in [0, 0.05) is 29.3 Å². The highest BCUT2D eigenvalue weighted by molar-refractivity contribution is 7.92. The van der Waals surface area contributed by atoms with Crippen molar-refractivity contribution in [3.63, 3.8) is 0 Å². The lowest BCUT2D eigenvalue weighted by Crippen LogP contribution is -2.17. The maximum Gasteiger partial charge on any atom is 0.341 e. The van der Waals surface area contributed by atoms with Crippen LogP contribution in [-0.4, -0.2) is 29.5 Å². The van der Waals surface area contributed by atoms with E-state index in [2.05, 4.69) is 14.7 Å². The van der Waals surface area contributed by atoms with E-state index in [0.717, 1.165) is 0 Å². The molecule has 1 aromatic carbocycles. The first kappa shape index (κ1) is 23.2. The number of nitrogens with zero attached hydrogens (tertiary/aromatic N) is 1. The van der Waals surface area contributed by atoms with Gasteiger partial charge in [0.25, 0.3) is 15.6 Å². The van der Waals surface area contributed by atoms with Crippen molar-refractivity contribution in [3.05, 3.63) is 76.8 Å². The van der Waals surface area contributed by atoms with Gasteiger partial charge in [-0.25, -0.2) is 13.2 Å². The molecule has 0 saturated heterocycles. The Balaban J connectivity index is 0.00000196. The van der Waals surface area contributed by atoms with Crippen LogP contribution in [-0.2, 0) is 10.0 Å². The first-order valence-electron chi connectivity index (χ1n) is 7.37. The molecule has 0 spiro atoms. The Kier molecular flexibility index (Phi) is 7.74. The zero-order valence-electron chi connectivity index (χ0n) is 14.0. The maximum absolute atomic E-state index is 12.3. The van der Waals surface area contributed by atoms with E-state index in [9.17, 15) is 18.0 Å². The van der Waals surface area contributed by atoms with Crippen LogP contribution < -0.4 is 10.3 Å². The van der Waals surface area contributed by atoms with Crippen molar-refractivity contribution in [2.24, 2.45) is 0 Å². The SMILES string of the molecule is Cl.Cl.O=C(O)c1ccc(-c2cccc(NS(=O)(=O)c3cccnc3)c2)[nH]c1=O. The molecule has 2 heterocycles. The molecule has 0 aliphatic carbocycles. The molecule has 0 bridgehead atoms. The lowest BCUT2D eigenvalue weighted by atomic mass is 10.1. The van der Waals surface area contributed by atoms with Crippen molar-refractivity contribution in [1.29, 1.82) is 0 Å². The number of carboxylic acid groups (broad SMARTS) is 1. The molecule has 2 aromatic heterocycles. The molecular weight excluding hydrogens is 429 g/mol. The van der Waals surface area contributed by atoms with Crippen LogP contribution in [0.1, 0.15) is 10.4 Å². The van der Waals surface area contributed by atoms with Gasteiger partial charge in [0.15, 0.2) is 0 Å². The fourth-order valence-corrected chi connectivity index (χ4v) is 3.29. The number of benzene rings is 1. The van der Waals surface area contributed by atoms with Crippen molar-refractivity contribution in [3.8, 4) is 11.3 Å². The van der Waals surface area contributed by atoms with E-state index < -0.39 is 21.6 Å². The molecule has 28 heavy (non-hydrogen) atoms. The van der Waals surface area contributed by atoms with Gasteiger partial charge >= 0.3 is 5.97 Å². The number of carboxylic acids is 1. The lowest BCUT2D eigenvalue weighted by Gasteiger charge is -2.09. The summed E-state index contributed by atoms with van der Waals surface area (Å²) in [7, 11) is -3.80. The average molecular weight is 444 g/mol. The average Bonchev–Trinajstić information content (AvgIpc) is 2.62. The summed E-state index contributed by atoms with van der Waals surface area (Å²) >= 11 is 0. The minimum atomic E-state index is -3.80. The summed E-state index contributed by atoms with van der Waals surface area (Å²) in [5.41, 5.74) is 0.0564. The Morgan fingerprint density at radius 2 is 1.82 bits per heavy atom. The molecule has 3 aromatic rings. The van der Waals surface area contributed by atoms with Crippen molar-refractivity contribution < 1.29 is 18.3 Å². The number of hydrogen-bond donors (Lipinski definition) is 3. The summed E-state index contributed by atoms with van der Waals surface area (Å²) in [5, 5.41) is 8.91. The molecule has 11 heteroatoms. The van der Waals surface area contributed by atoms with Gasteiger partial charge in [0.05, 0.1) is 0 Å². The molecule has 0 saturated carbocycles. The summed E-state index contributed by atoms with van der Waals surface area (Å²) in [6, 6.07) is 11.9. The normalized spacial score (nSPS) is 10.3. The Morgan fingerprint density at radius 3 is 2.43 bits per heavy atom. The second-order valence-corrected chi connectivity index (χ2v) is 6.98. The summed E-state index contributed by atoms with van der Waals surface area (Å²) in [5.74, 6) is -1.32. The molecule has 3 N–H and O–H groups in total. The molecule has 0 unspecified atom stereocenters. The highest BCUT2D eigenvalue weighted by Gasteiger charge is 2.15. The number of hydrogen-bond acceptors (Lipinski definition) is 5. The number of anilines is 1. The Bertz CT molecular complexity index is 1130. The Labute approximate surface area is 172 Å². The smallest absolute Gasteiger partial charge is 0.341 e. The quantitative estimate of drug-likeness (QED) is 0.555. The van der Waals surface area contributed by atoms with E-state index in [1.165, 1.54) is 42.7 Å². The van der Waals surface area contributed by atoms with Gasteiger partial charge in [-0.2, -0.15) is 0 Å². The zero-order chi connectivity index (χ0) is 18.7. The van der Waals surface area contributed by atoms with Crippen molar-refractivity contribution in [2.75, 3.05) is 4.72 Å². The number of rotatable bonds is 5. The first-order chi connectivity index (χ1) is 12.4. The monoisotopic (exact) mass is 443 g/mol. The number of carbonyl (C=O) groups is 1. The van der Waals surface area contributed by atoms with Gasteiger partial charge in [0.2, 0.25) is 0 Å². The molecule has 0 radical (unpaired) electrons. The Hall–Kier alpha value is -2.88. The second-order valence-electron chi connectivity index (χ2n) is 5.29. The zero-order valence-corrected chi connectivity index (χ0v) is 16.5. The minimum absolute atomic E-state index is 0. The van der Waals surface area contributed by atoms with Crippen molar-refractivity contribution in [2.45, 2.75) is 4.90 Å². The molecule has 3 rings (SSSR count).